The number of carbonyl (C=O) groups is 1. The largest absolute Gasteiger partial charge is 0.494 e. The van der Waals surface area contributed by atoms with Gasteiger partial charge in [-0.3, -0.25) is 4.79 Å². The average molecular weight is 398 g/mol. The van der Waals surface area contributed by atoms with Gasteiger partial charge in [-0.05, 0) is 74.4 Å². The number of rotatable bonds is 8. The van der Waals surface area contributed by atoms with Crippen LogP contribution in [0.3, 0.4) is 0 Å². The molecule has 0 aliphatic rings. The van der Waals surface area contributed by atoms with Gasteiger partial charge in [-0.15, -0.1) is 11.3 Å². The fourth-order valence-electron chi connectivity index (χ4n) is 2.62. The topological polar surface area (TPSA) is 67.1 Å². The molecule has 6 nitrogen and oxygen atoms in total. The maximum atomic E-state index is 12.2. The second-order valence-corrected chi connectivity index (χ2v) is 7.36. The van der Waals surface area contributed by atoms with Crippen LogP contribution < -0.4 is 10.2 Å². The number of carbonyl (C=O) groups excluding carboxylic acids is 1. The third-order valence-corrected chi connectivity index (χ3v) is 4.73. The number of furan rings is 1. The van der Waals surface area contributed by atoms with E-state index in [4.69, 9.17) is 9.15 Å². The first-order valence-electron chi connectivity index (χ1n) is 8.93. The van der Waals surface area contributed by atoms with E-state index in [1.807, 2.05) is 45.3 Å². The Balaban J connectivity index is 1.58. The molecule has 0 bridgehead atoms. The Labute approximate surface area is 168 Å². The summed E-state index contributed by atoms with van der Waals surface area (Å²) in [6.07, 6.45) is 1.64. The highest BCUT2D eigenvalue weighted by atomic mass is 32.1. The number of thiophene rings is 1. The first kappa shape index (κ1) is 19.9. The lowest BCUT2D eigenvalue weighted by atomic mass is 10.2. The third kappa shape index (κ3) is 5.31. The summed E-state index contributed by atoms with van der Waals surface area (Å²) >= 11 is 1.58. The smallest absolute Gasteiger partial charge is 0.307 e. The highest BCUT2D eigenvalue weighted by molar-refractivity contribution is 7.11. The Kier molecular flexibility index (Phi) is 6.62. The molecule has 0 aliphatic carbocycles. The fourth-order valence-corrected chi connectivity index (χ4v) is 3.38. The lowest BCUT2D eigenvalue weighted by Crippen LogP contribution is -2.16. The number of hydrogen-bond donors (Lipinski definition) is 1. The molecule has 0 fully saturated rings. The molecule has 0 atom stereocenters. The normalized spacial score (nSPS) is 11.3. The number of amides is 1. The van der Waals surface area contributed by atoms with Gasteiger partial charge < -0.3 is 14.1 Å². The van der Waals surface area contributed by atoms with Crippen LogP contribution in [0, 0.1) is 0 Å². The van der Waals surface area contributed by atoms with Gasteiger partial charge in [0, 0.05) is 17.0 Å². The Morgan fingerprint density at radius 1 is 1.25 bits per heavy atom. The van der Waals surface area contributed by atoms with Crippen molar-refractivity contribution >= 4 is 23.5 Å². The Morgan fingerprint density at radius 3 is 2.75 bits per heavy atom. The molecule has 2 heterocycles. The lowest BCUT2D eigenvalue weighted by Gasteiger charge is -2.06. The van der Waals surface area contributed by atoms with E-state index in [0.717, 1.165) is 22.7 Å². The van der Waals surface area contributed by atoms with Crippen molar-refractivity contribution in [3.8, 4) is 17.1 Å². The van der Waals surface area contributed by atoms with Gasteiger partial charge in [0.2, 0.25) is 0 Å². The quantitative estimate of drug-likeness (QED) is 0.456. The molecular weight excluding hydrogens is 374 g/mol. The predicted octanol–water partition coefficient (Wildman–Crippen LogP) is 4.23. The molecule has 1 amide bonds. The van der Waals surface area contributed by atoms with Crippen LogP contribution in [0.25, 0.3) is 11.3 Å². The van der Waals surface area contributed by atoms with Crippen LogP contribution in [-0.4, -0.2) is 37.7 Å². The molecule has 28 heavy (non-hydrogen) atoms. The summed E-state index contributed by atoms with van der Waals surface area (Å²) < 4.78 is 11.1. The number of hydrazone groups is 1. The van der Waals surface area contributed by atoms with Crippen LogP contribution in [0.1, 0.15) is 27.9 Å². The molecular formula is C21H23N3O3S. The van der Waals surface area contributed by atoms with Gasteiger partial charge >= 0.3 is 5.91 Å². The van der Waals surface area contributed by atoms with Gasteiger partial charge in [0.1, 0.15) is 11.5 Å². The lowest BCUT2D eigenvalue weighted by molar-refractivity contribution is 0.0928. The van der Waals surface area contributed by atoms with Crippen LogP contribution in [0.15, 0.2) is 57.4 Å². The monoisotopic (exact) mass is 397 g/mol. The van der Waals surface area contributed by atoms with Gasteiger partial charge in [0.15, 0.2) is 5.76 Å². The fraction of sp³-hybridized carbons (Fsp3) is 0.238. The van der Waals surface area contributed by atoms with Crippen molar-refractivity contribution < 1.29 is 13.9 Å². The molecule has 0 unspecified atom stereocenters. The van der Waals surface area contributed by atoms with Crippen molar-refractivity contribution in [1.29, 1.82) is 0 Å². The summed E-state index contributed by atoms with van der Waals surface area (Å²) in [5.41, 5.74) is 4.59. The summed E-state index contributed by atoms with van der Waals surface area (Å²) in [5.74, 6) is 1.23. The summed E-state index contributed by atoms with van der Waals surface area (Å²) in [6.45, 7) is 3.43. The van der Waals surface area contributed by atoms with Gasteiger partial charge in [-0.1, -0.05) is 0 Å². The van der Waals surface area contributed by atoms with E-state index in [9.17, 15) is 4.79 Å². The number of ether oxygens (including phenoxy) is 1. The van der Waals surface area contributed by atoms with Gasteiger partial charge in [-0.25, -0.2) is 5.43 Å². The van der Waals surface area contributed by atoms with E-state index < -0.39 is 5.91 Å². The highest BCUT2D eigenvalue weighted by Gasteiger charge is 2.11. The molecule has 0 radical (unpaired) electrons. The second kappa shape index (κ2) is 9.34. The first-order valence-corrected chi connectivity index (χ1v) is 9.81. The van der Waals surface area contributed by atoms with Crippen LogP contribution in [-0.2, 0) is 6.54 Å². The zero-order valence-electron chi connectivity index (χ0n) is 16.1. The molecule has 1 aromatic carbocycles. The SMILES string of the molecule is CCOc1ccc(-c2ccc(C(=O)N/N=C/c3cc(CN(C)C)cs3)o2)cc1. The zero-order valence-corrected chi connectivity index (χ0v) is 17.0. The van der Waals surface area contributed by atoms with E-state index in [0.29, 0.717) is 12.4 Å². The van der Waals surface area contributed by atoms with Crippen molar-refractivity contribution in [2.75, 3.05) is 20.7 Å². The molecule has 7 heteroatoms. The molecule has 3 aromatic rings. The molecule has 3 rings (SSSR count). The Morgan fingerprint density at radius 2 is 2.04 bits per heavy atom. The highest BCUT2D eigenvalue weighted by Crippen LogP contribution is 2.24. The Bertz CT molecular complexity index is 942. The van der Waals surface area contributed by atoms with Crippen LogP contribution in [0.4, 0.5) is 0 Å². The van der Waals surface area contributed by atoms with Crippen LogP contribution >= 0.6 is 11.3 Å². The molecule has 146 valence electrons. The Hall–Kier alpha value is -2.90. The molecule has 0 aliphatic heterocycles. The van der Waals surface area contributed by atoms with E-state index in [1.54, 1.807) is 29.7 Å². The zero-order chi connectivity index (χ0) is 19.9. The summed E-state index contributed by atoms with van der Waals surface area (Å²) in [6, 6.07) is 13.0. The minimum absolute atomic E-state index is 0.209. The van der Waals surface area contributed by atoms with E-state index >= 15 is 0 Å². The van der Waals surface area contributed by atoms with Crippen LogP contribution in [0.5, 0.6) is 5.75 Å². The predicted molar refractivity (Wildman–Crippen MR) is 112 cm³/mol. The first-order chi connectivity index (χ1) is 13.5. The van der Waals surface area contributed by atoms with Gasteiger partial charge in [0.25, 0.3) is 0 Å². The molecule has 0 saturated heterocycles. The van der Waals surface area contributed by atoms with Crippen molar-refractivity contribution in [3.05, 3.63) is 64.0 Å². The molecule has 1 N–H and O–H groups in total. The van der Waals surface area contributed by atoms with Crippen molar-refractivity contribution in [1.82, 2.24) is 10.3 Å². The molecule has 2 aromatic heterocycles. The van der Waals surface area contributed by atoms with Crippen LogP contribution in [0.2, 0.25) is 0 Å². The third-order valence-electron chi connectivity index (χ3n) is 3.81. The molecule has 0 spiro atoms. The van der Waals surface area contributed by atoms with E-state index in [1.165, 1.54) is 5.56 Å². The minimum Gasteiger partial charge on any atom is -0.494 e. The van der Waals surface area contributed by atoms with E-state index in [2.05, 4.69) is 26.9 Å². The van der Waals surface area contributed by atoms with E-state index in [-0.39, 0.29) is 5.76 Å². The summed E-state index contributed by atoms with van der Waals surface area (Å²) in [4.78, 5) is 15.3. The van der Waals surface area contributed by atoms with Crippen molar-refractivity contribution in [3.63, 3.8) is 0 Å². The maximum Gasteiger partial charge on any atom is 0.307 e. The number of benzene rings is 1. The standard InChI is InChI=1S/C21H23N3O3S/c1-4-26-17-7-5-16(6-8-17)19-9-10-20(27-19)21(25)23-22-12-18-11-15(14-28-18)13-24(2)3/h5-12,14H,4,13H2,1-3H3,(H,23,25)/b22-12+. The average Bonchev–Trinajstić information content (AvgIpc) is 3.32. The van der Waals surface area contributed by atoms with Gasteiger partial charge in [0.05, 0.1) is 12.8 Å². The number of nitrogens with one attached hydrogen (secondary N) is 1. The summed E-state index contributed by atoms with van der Waals surface area (Å²) in [7, 11) is 4.05. The van der Waals surface area contributed by atoms with Crippen molar-refractivity contribution in [2.45, 2.75) is 13.5 Å². The van der Waals surface area contributed by atoms with Crippen molar-refractivity contribution in [2.24, 2.45) is 5.10 Å². The second-order valence-electron chi connectivity index (χ2n) is 6.42. The summed E-state index contributed by atoms with van der Waals surface area (Å²) in [5, 5.41) is 6.10. The minimum atomic E-state index is -0.390. The number of nitrogens with zero attached hydrogens (tertiary/aromatic N) is 2. The number of hydrogen-bond acceptors (Lipinski definition) is 6. The molecule has 0 saturated carbocycles. The van der Waals surface area contributed by atoms with Gasteiger partial charge in [-0.2, -0.15) is 5.10 Å². The maximum absolute atomic E-state index is 12.2.